The van der Waals surface area contributed by atoms with E-state index >= 15 is 0 Å². The predicted octanol–water partition coefficient (Wildman–Crippen LogP) is 2.71. The first-order valence-electron chi connectivity index (χ1n) is 6.14. The topological polar surface area (TPSA) is 105 Å². The van der Waals surface area contributed by atoms with E-state index in [9.17, 15) is 14.9 Å². The van der Waals surface area contributed by atoms with E-state index in [2.05, 4.69) is 10.3 Å². The molecule has 21 heavy (non-hydrogen) atoms. The lowest BCUT2D eigenvalue weighted by molar-refractivity contribution is -0.384. The van der Waals surface area contributed by atoms with Crippen molar-refractivity contribution in [1.29, 1.82) is 0 Å². The third kappa shape index (κ3) is 3.54. The van der Waals surface area contributed by atoms with Crippen molar-refractivity contribution in [1.82, 2.24) is 4.98 Å². The summed E-state index contributed by atoms with van der Waals surface area (Å²) in [6, 6.07) is 4.88. The van der Waals surface area contributed by atoms with Crippen LogP contribution in [0.2, 0.25) is 0 Å². The molecule has 0 saturated carbocycles. The van der Waals surface area contributed by atoms with Gasteiger partial charge in [-0.1, -0.05) is 12.1 Å². The van der Waals surface area contributed by atoms with E-state index in [4.69, 9.17) is 5.11 Å². The number of anilines is 1. The molecule has 110 valence electrons. The summed E-state index contributed by atoms with van der Waals surface area (Å²) in [5.74, 6) is -1.06. The maximum absolute atomic E-state index is 11.0. The monoisotopic (exact) mass is 307 g/mol. The molecule has 0 spiro atoms. The van der Waals surface area contributed by atoms with E-state index in [1.807, 2.05) is 0 Å². The minimum atomic E-state index is -1.06. The molecule has 0 amide bonds. The van der Waals surface area contributed by atoms with Crippen molar-refractivity contribution < 1.29 is 14.8 Å². The minimum absolute atomic E-state index is 0.0249. The van der Waals surface area contributed by atoms with Crippen LogP contribution < -0.4 is 5.32 Å². The SMILES string of the molecule is Cc1cccc([N+](=O)[O-])c1NCCc1nc(C(=O)O)cs1. The molecular formula is C13H13N3O4S. The second-order valence-corrected chi connectivity index (χ2v) is 5.28. The first kappa shape index (κ1) is 14.9. The molecule has 1 heterocycles. The molecule has 0 saturated heterocycles. The van der Waals surface area contributed by atoms with Gasteiger partial charge in [0, 0.05) is 24.4 Å². The van der Waals surface area contributed by atoms with Crippen LogP contribution >= 0.6 is 11.3 Å². The number of thiazole rings is 1. The lowest BCUT2D eigenvalue weighted by Crippen LogP contribution is -2.08. The fraction of sp³-hybridized carbons (Fsp3) is 0.231. The van der Waals surface area contributed by atoms with Gasteiger partial charge in [-0.15, -0.1) is 11.3 Å². The van der Waals surface area contributed by atoms with Crippen molar-refractivity contribution in [2.75, 3.05) is 11.9 Å². The highest BCUT2D eigenvalue weighted by molar-refractivity contribution is 7.09. The number of aromatic carboxylic acids is 1. The van der Waals surface area contributed by atoms with Gasteiger partial charge in [-0.3, -0.25) is 10.1 Å². The summed E-state index contributed by atoms with van der Waals surface area (Å²) in [5.41, 5.74) is 1.32. The van der Waals surface area contributed by atoms with Crippen LogP contribution in [0, 0.1) is 17.0 Å². The van der Waals surface area contributed by atoms with E-state index in [0.717, 1.165) is 5.56 Å². The Balaban J connectivity index is 2.03. The lowest BCUT2D eigenvalue weighted by Gasteiger charge is -2.08. The van der Waals surface area contributed by atoms with Gasteiger partial charge < -0.3 is 10.4 Å². The second-order valence-electron chi connectivity index (χ2n) is 4.33. The molecule has 0 fully saturated rings. The second kappa shape index (κ2) is 6.31. The lowest BCUT2D eigenvalue weighted by atomic mass is 10.1. The molecule has 0 unspecified atom stereocenters. The number of nitro benzene ring substituents is 1. The van der Waals surface area contributed by atoms with Crippen LogP contribution in [0.15, 0.2) is 23.6 Å². The van der Waals surface area contributed by atoms with E-state index in [1.165, 1.54) is 22.8 Å². The Morgan fingerprint density at radius 1 is 1.52 bits per heavy atom. The fourth-order valence-electron chi connectivity index (χ4n) is 1.85. The van der Waals surface area contributed by atoms with Crippen molar-refractivity contribution in [3.63, 3.8) is 0 Å². The van der Waals surface area contributed by atoms with Gasteiger partial charge in [-0.2, -0.15) is 0 Å². The van der Waals surface area contributed by atoms with Crippen LogP contribution in [0.3, 0.4) is 0 Å². The Labute approximate surface area is 124 Å². The summed E-state index contributed by atoms with van der Waals surface area (Å²) >= 11 is 1.26. The summed E-state index contributed by atoms with van der Waals surface area (Å²) in [5, 5.41) is 24.9. The summed E-state index contributed by atoms with van der Waals surface area (Å²) in [6.07, 6.45) is 0.503. The average Bonchev–Trinajstić information content (AvgIpc) is 2.89. The molecule has 1 aromatic heterocycles. The number of nitrogens with one attached hydrogen (secondary N) is 1. The van der Waals surface area contributed by atoms with Crippen molar-refractivity contribution in [2.24, 2.45) is 0 Å². The van der Waals surface area contributed by atoms with Gasteiger partial charge in [0.25, 0.3) is 5.69 Å². The molecule has 0 atom stereocenters. The third-order valence-corrected chi connectivity index (χ3v) is 3.77. The van der Waals surface area contributed by atoms with Gasteiger partial charge in [0.2, 0.25) is 0 Å². The Morgan fingerprint density at radius 2 is 2.29 bits per heavy atom. The number of benzene rings is 1. The third-order valence-electron chi connectivity index (χ3n) is 2.86. The maximum Gasteiger partial charge on any atom is 0.355 e. The molecule has 8 heteroatoms. The van der Waals surface area contributed by atoms with Crippen LogP contribution in [-0.4, -0.2) is 27.5 Å². The van der Waals surface area contributed by atoms with Crippen molar-refractivity contribution in [3.8, 4) is 0 Å². The molecule has 0 aliphatic heterocycles. The zero-order chi connectivity index (χ0) is 15.4. The Kier molecular flexibility index (Phi) is 4.49. The molecule has 0 aliphatic carbocycles. The van der Waals surface area contributed by atoms with Gasteiger partial charge in [-0.05, 0) is 12.5 Å². The summed E-state index contributed by atoms with van der Waals surface area (Å²) < 4.78 is 0. The number of rotatable bonds is 6. The predicted molar refractivity (Wildman–Crippen MR) is 79.1 cm³/mol. The normalized spacial score (nSPS) is 10.3. The number of para-hydroxylation sites is 1. The van der Waals surface area contributed by atoms with E-state index in [0.29, 0.717) is 23.7 Å². The highest BCUT2D eigenvalue weighted by atomic mass is 32.1. The van der Waals surface area contributed by atoms with Crippen LogP contribution in [-0.2, 0) is 6.42 Å². The Bertz CT molecular complexity index is 684. The number of aryl methyl sites for hydroxylation is 1. The number of nitro groups is 1. The number of hydrogen-bond donors (Lipinski definition) is 2. The van der Waals surface area contributed by atoms with E-state index < -0.39 is 10.9 Å². The molecule has 2 aromatic rings. The fourth-order valence-corrected chi connectivity index (χ4v) is 2.62. The molecule has 2 rings (SSSR count). The molecule has 7 nitrogen and oxygen atoms in total. The molecule has 1 aromatic carbocycles. The van der Waals surface area contributed by atoms with Gasteiger partial charge in [0.1, 0.15) is 5.69 Å². The molecule has 0 bridgehead atoms. The summed E-state index contributed by atoms with van der Waals surface area (Å²) in [6.45, 7) is 2.24. The zero-order valence-corrected chi connectivity index (χ0v) is 12.0. The first-order chi connectivity index (χ1) is 9.99. The first-order valence-corrected chi connectivity index (χ1v) is 7.02. The Hall–Kier alpha value is -2.48. The summed E-state index contributed by atoms with van der Waals surface area (Å²) in [4.78, 5) is 25.2. The largest absolute Gasteiger partial charge is 0.476 e. The highest BCUT2D eigenvalue weighted by Gasteiger charge is 2.15. The number of carboxylic acids is 1. The van der Waals surface area contributed by atoms with Crippen LogP contribution in [0.1, 0.15) is 21.1 Å². The van der Waals surface area contributed by atoms with Crippen molar-refractivity contribution >= 4 is 28.7 Å². The van der Waals surface area contributed by atoms with Crippen LogP contribution in [0.5, 0.6) is 0 Å². The number of nitrogens with zero attached hydrogens (tertiary/aromatic N) is 2. The highest BCUT2D eigenvalue weighted by Crippen LogP contribution is 2.27. The maximum atomic E-state index is 11.0. The van der Waals surface area contributed by atoms with Crippen LogP contribution in [0.25, 0.3) is 0 Å². The van der Waals surface area contributed by atoms with Crippen LogP contribution in [0.4, 0.5) is 11.4 Å². The molecule has 0 aliphatic rings. The molecular weight excluding hydrogens is 294 g/mol. The van der Waals surface area contributed by atoms with Gasteiger partial charge in [-0.25, -0.2) is 9.78 Å². The van der Waals surface area contributed by atoms with Gasteiger partial charge in [0.15, 0.2) is 5.69 Å². The smallest absolute Gasteiger partial charge is 0.355 e. The van der Waals surface area contributed by atoms with E-state index in [-0.39, 0.29) is 11.4 Å². The Morgan fingerprint density at radius 3 is 2.90 bits per heavy atom. The zero-order valence-electron chi connectivity index (χ0n) is 11.2. The molecule has 0 radical (unpaired) electrons. The standard InChI is InChI=1S/C13H13N3O4S/c1-8-3-2-4-10(16(19)20)12(8)14-6-5-11-15-9(7-21-11)13(17)18/h2-4,7,14H,5-6H2,1H3,(H,17,18). The van der Waals surface area contributed by atoms with Crippen molar-refractivity contribution in [3.05, 3.63) is 50.0 Å². The molecule has 2 N–H and O–H groups in total. The summed E-state index contributed by atoms with van der Waals surface area (Å²) in [7, 11) is 0. The van der Waals surface area contributed by atoms with E-state index in [1.54, 1.807) is 19.1 Å². The number of hydrogen-bond acceptors (Lipinski definition) is 6. The quantitative estimate of drug-likeness (QED) is 0.628. The van der Waals surface area contributed by atoms with Gasteiger partial charge in [0.05, 0.1) is 9.93 Å². The average molecular weight is 307 g/mol. The van der Waals surface area contributed by atoms with Gasteiger partial charge >= 0.3 is 5.97 Å². The number of carboxylic acid groups (broad SMARTS) is 1. The number of aromatic nitrogens is 1. The number of carbonyl (C=O) groups is 1. The van der Waals surface area contributed by atoms with Crippen molar-refractivity contribution in [2.45, 2.75) is 13.3 Å². The minimum Gasteiger partial charge on any atom is -0.476 e.